The van der Waals surface area contributed by atoms with Crippen molar-refractivity contribution in [1.29, 1.82) is 0 Å². The Morgan fingerprint density at radius 1 is 1.21 bits per heavy atom. The third kappa shape index (κ3) is 3.18. The van der Waals surface area contributed by atoms with Crippen LogP contribution in [0.15, 0.2) is 5.18 Å². The summed E-state index contributed by atoms with van der Waals surface area (Å²) in [6, 6.07) is -1.03. The summed E-state index contributed by atoms with van der Waals surface area (Å²) in [5, 5.41) is 16.0. The lowest BCUT2D eigenvalue weighted by atomic mass is 9.46. The van der Waals surface area contributed by atoms with Crippen LogP contribution in [0.1, 0.15) is 59.3 Å². The number of alkyl carbamates (subject to hydrolysis) is 1. The predicted octanol–water partition coefficient (Wildman–Crippen LogP) is 2.50. The molecule has 0 aromatic rings. The molecule has 2 N–H and O–H groups in total. The summed E-state index contributed by atoms with van der Waals surface area (Å²) in [6.45, 7) is 5.19. The summed E-state index contributed by atoms with van der Waals surface area (Å²) in [6.07, 6.45) is 3.69. The van der Waals surface area contributed by atoms with Gasteiger partial charge in [0.15, 0.2) is 0 Å². The van der Waals surface area contributed by atoms with Gasteiger partial charge in [-0.2, -0.15) is 0 Å². The fourth-order valence-electron chi connectivity index (χ4n) is 5.58. The van der Waals surface area contributed by atoms with E-state index in [2.05, 4.69) is 10.5 Å². The maximum Gasteiger partial charge on any atom is 0.408 e. The first-order valence-corrected chi connectivity index (χ1v) is 8.63. The molecule has 0 radical (unpaired) electrons. The van der Waals surface area contributed by atoms with Gasteiger partial charge in [0.25, 0.3) is 0 Å². The highest BCUT2D eigenvalue weighted by molar-refractivity contribution is 5.87. The third-order valence-electron chi connectivity index (χ3n) is 5.69. The smallest absolute Gasteiger partial charge is 0.408 e. The van der Waals surface area contributed by atoms with Gasteiger partial charge >= 0.3 is 12.0 Å². The van der Waals surface area contributed by atoms with Crippen LogP contribution in [0.25, 0.3) is 0 Å². The van der Waals surface area contributed by atoms with Gasteiger partial charge in [0.2, 0.25) is 0 Å². The van der Waals surface area contributed by atoms with E-state index in [1.54, 1.807) is 20.8 Å². The lowest BCUT2D eigenvalue weighted by Gasteiger charge is -2.61. The number of hydrogen-bond donors (Lipinski definition) is 2. The molecule has 4 aliphatic carbocycles. The second-order valence-corrected chi connectivity index (χ2v) is 9.06. The Kier molecular flexibility index (Phi) is 3.98. The van der Waals surface area contributed by atoms with Gasteiger partial charge in [-0.25, -0.2) is 4.79 Å². The summed E-state index contributed by atoms with van der Waals surface area (Å²) in [5.74, 6) is -0.219. The first-order valence-electron chi connectivity index (χ1n) is 8.63. The number of aliphatic hydroxyl groups is 1. The first-order chi connectivity index (χ1) is 11.0. The highest BCUT2D eigenvalue weighted by Crippen LogP contribution is 2.62. The number of rotatable bonds is 3. The van der Waals surface area contributed by atoms with E-state index in [9.17, 15) is 19.6 Å². The van der Waals surface area contributed by atoms with Crippen molar-refractivity contribution in [2.45, 2.75) is 76.5 Å². The topological polar surface area (TPSA) is 105 Å². The van der Waals surface area contributed by atoms with Gasteiger partial charge in [-0.15, -0.1) is 4.91 Å². The fourth-order valence-corrected chi connectivity index (χ4v) is 5.58. The van der Waals surface area contributed by atoms with E-state index in [0.29, 0.717) is 18.3 Å². The predicted molar refractivity (Wildman–Crippen MR) is 86.0 cm³/mol. The van der Waals surface area contributed by atoms with Crippen molar-refractivity contribution in [1.82, 2.24) is 5.32 Å². The van der Waals surface area contributed by atoms with Crippen molar-refractivity contribution in [2.24, 2.45) is 22.4 Å². The molecule has 4 bridgehead atoms. The number of nitrogens with zero attached hydrogens (tertiary/aromatic N) is 1. The van der Waals surface area contributed by atoms with Crippen LogP contribution >= 0.6 is 0 Å². The quantitative estimate of drug-likeness (QED) is 0.769. The number of hydrogen-bond acceptors (Lipinski definition) is 5. The number of nitroso groups, excluding NO2 is 1. The van der Waals surface area contributed by atoms with Gasteiger partial charge in [-0.3, -0.25) is 4.79 Å². The molecule has 0 saturated heterocycles. The lowest BCUT2D eigenvalue weighted by molar-refractivity contribution is -0.175. The maximum absolute atomic E-state index is 12.2. The highest BCUT2D eigenvalue weighted by Gasteiger charge is 2.61. The Bertz CT molecular complexity index is 554. The molecule has 4 fully saturated rings. The zero-order valence-electron chi connectivity index (χ0n) is 14.5. The monoisotopic (exact) mass is 338 g/mol. The minimum Gasteiger partial charge on any atom is -0.444 e. The van der Waals surface area contributed by atoms with E-state index in [0.717, 1.165) is 32.1 Å². The third-order valence-corrected chi connectivity index (χ3v) is 5.69. The zero-order valence-corrected chi connectivity index (χ0v) is 14.5. The molecule has 4 rings (SSSR count). The molecule has 134 valence electrons. The summed E-state index contributed by atoms with van der Waals surface area (Å²) in [4.78, 5) is 35.3. The minimum atomic E-state index is -1.03. The van der Waals surface area contributed by atoms with Crippen molar-refractivity contribution in [3.05, 3.63) is 4.91 Å². The summed E-state index contributed by atoms with van der Waals surface area (Å²) >= 11 is 0. The number of amides is 2. The van der Waals surface area contributed by atoms with E-state index in [1.165, 1.54) is 0 Å². The average Bonchev–Trinajstić information content (AvgIpc) is 2.39. The second kappa shape index (κ2) is 5.51. The van der Waals surface area contributed by atoms with Crippen molar-refractivity contribution in [3.63, 3.8) is 0 Å². The molecule has 7 heteroatoms. The molecule has 3 atom stereocenters. The highest BCUT2D eigenvalue weighted by atomic mass is 16.6. The summed E-state index contributed by atoms with van der Waals surface area (Å²) in [7, 11) is 0. The molecule has 2 amide bonds. The van der Waals surface area contributed by atoms with Crippen LogP contribution in [-0.4, -0.2) is 34.4 Å². The summed E-state index contributed by atoms with van der Waals surface area (Å²) in [5.41, 5.74) is -2.09. The van der Waals surface area contributed by atoms with Gasteiger partial charge in [0, 0.05) is 10.6 Å². The first kappa shape index (κ1) is 17.3. The number of carbonyl (C=O) groups is 2. The van der Waals surface area contributed by atoms with E-state index >= 15 is 0 Å². The number of ether oxygens (including phenoxy) is 1. The molecule has 0 aromatic heterocycles. The van der Waals surface area contributed by atoms with E-state index < -0.39 is 34.7 Å². The molecule has 4 saturated carbocycles. The van der Waals surface area contributed by atoms with E-state index in [-0.39, 0.29) is 0 Å². The fraction of sp³-hybridized carbons (Fsp3) is 0.882. The SMILES string of the molecule is CC(C)(C)OC(=O)N[C@H](C(=O)N=O)C12CC3CC(CC(O)(C3)C1)C2. The standard InChI is InChI=1S/C17H26N2O5/c1-15(2,3)24-14(21)18-12(13(20)19-23)16-5-10-4-11(6-16)8-17(22,7-10)9-16/h10-12,22H,4-9H2,1-3H3,(H,18,21)/t10?,11?,12-,16?,17?/m1/s1. The number of carbonyl (C=O) groups excluding carboxylic acids is 2. The average molecular weight is 338 g/mol. The molecule has 0 spiro atoms. The minimum absolute atomic E-state index is 0.332. The summed E-state index contributed by atoms with van der Waals surface area (Å²) < 4.78 is 5.24. The molecule has 0 aromatic carbocycles. The van der Waals surface area contributed by atoms with Gasteiger partial charge in [0.05, 0.1) is 5.60 Å². The van der Waals surface area contributed by atoms with E-state index in [1.807, 2.05) is 0 Å². The Morgan fingerprint density at radius 2 is 1.79 bits per heavy atom. The van der Waals surface area contributed by atoms with Crippen LogP contribution in [-0.2, 0) is 9.53 Å². The van der Waals surface area contributed by atoms with E-state index in [4.69, 9.17) is 4.74 Å². The Hall–Kier alpha value is -1.50. The molecular weight excluding hydrogens is 312 g/mol. The molecule has 7 nitrogen and oxygen atoms in total. The Morgan fingerprint density at radius 3 is 2.25 bits per heavy atom. The normalized spacial score (nSPS) is 38.5. The molecule has 0 aliphatic heterocycles. The van der Waals surface area contributed by atoms with Crippen molar-refractivity contribution in [3.8, 4) is 0 Å². The van der Waals surface area contributed by atoms with Gasteiger partial charge < -0.3 is 15.2 Å². The van der Waals surface area contributed by atoms with Gasteiger partial charge in [-0.05, 0) is 71.1 Å². The molecule has 24 heavy (non-hydrogen) atoms. The Labute approximate surface area is 141 Å². The Balaban J connectivity index is 1.85. The van der Waals surface area contributed by atoms with Crippen LogP contribution in [0.2, 0.25) is 0 Å². The van der Waals surface area contributed by atoms with Gasteiger partial charge in [0.1, 0.15) is 11.6 Å². The number of nitrogens with one attached hydrogen (secondary N) is 1. The van der Waals surface area contributed by atoms with Crippen LogP contribution < -0.4 is 5.32 Å². The van der Waals surface area contributed by atoms with Crippen molar-refractivity contribution >= 4 is 12.0 Å². The molecular formula is C17H26N2O5. The van der Waals surface area contributed by atoms with Gasteiger partial charge in [-0.1, -0.05) is 0 Å². The van der Waals surface area contributed by atoms with Crippen LogP contribution in [0.5, 0.6) is 0 Å². The van der Waals surface area contributed by atoms with Crippen molar-refractivity contribution in [2.75, 3.05) is 0 Å². The van der Waals surface area contributed by atoms with Crippen molar-refractivity contribution < 1.29 is 19.4 Å². The molecule has 0 heterocycles. The second-order valence-electron chi connectivity index (χ2n) is 9.06. The van der Waals surface area contributed by atoms with Crippen LogP contribution in [0, 0.1) is 22.2 Å². The van der Waals surface area contributed by atoms with Crippen LogP contribution in [0.3, 0.4) is 0 Å². The zero-order chi connectivity index (χ0) is 17.8. The maximum atomic E-state index is 12.2. The molecule has 4 aliphatic rings. The molecule has 2 unspecified atom stereocenters. The lowest BCUT2D eigenvalue weighted by Crippen LogP contribution is -2.64. The van der Waals surface area contributed by atoms with Crippen LogP contribution in [0.4, 0.5) is 4.79 Å². The largest absolute Gasteiger partial charge is 0.444 e.